The largest absolute Gasteiger partial charge is 0.397 e. The maximum Gasteiger partial charge on any atom is 0.187 e. The van der Waals surface area contributed by atoms with Gasteiger partial charge in [-0.15, -0.1) is 0 Å². The number of rotatable bonds is 6. The third kappa shape index (κ3) is 3.81. The number of hydrogen-bond donors (Lipinski definition) is 3. The lowest BCUT2D eigenvalue weighted by molar-refractivity contribution is 1.19. The zero-order valence-electron chi connectivity index (χ0n) is 17.5. The summed E-state index contributed by atoms with van der Waals surface area (Å²) in [5, 5.41) is 7.49. The number of nitrogens with zero attached hydrogens (tertiary/aromatic N) is 3. The van der Waals surface area contributed by atoms with Crippen molar-refractivity contribution in [3.8, 4) is 10.6 Å². The molecular formula is C25H22N6S. The van der Waals surface area contributed by atoms with Gasteiger partial charge in [-0.05, 0) is 48.9 Å². The summed E-state index contributed by atoms with van der Waals surface area (Å²) in [5.74, 6) is 0. The molecule has 0 atom stereocenters. The van der Waals surface area contributed by atoms with Gasteiger partial charge in [-0.1, -0.05) is 48.2 Å². The summed E-state index contributed by atoms with van der Waals surface area (Å²) in [6, 6.07) is 21.7. The third-order valence-electron chi connectivity index (χ3n) is 5.17. The predicted octanol–water partition coefficient (Wildman–Crippen LogP) is 6.17. The Balaban J connectivity index is 1.31. The van der Waals surface area contributed by atoms with Crippen molar-refractivity contribution in [3.05, 3.63) is 97.0 Å². The number of pyridine rings is 1. The molecule has 0 bridgehead atoms. The number of imidazole rings is 1. The van der Waals surface area contributed by atoms with Crippen molar-refractivity contribution in [2.24, 2.45) is 0 Å². The Morgan fingerprint density at radius 2 is 1.81 bits per heavy atom. The lowest BCUT2D eigenvalue weighted by Gasteiger charge is -2.12. The Hall–Kier alpha value is -4.10. The summed E-state index contributed by atoms with van der Waals surface area (Å²) in [4.78, 5) is 10.3. The molecule has 7 heteroatoms. The Kier molecular flexibility index (Phi) is 5.09. The van der Waals surface area contributed by atoms with Crippen LogP contribution >= 0.6 is 11.3 Å². The van der Waals surface area contributed by atoms with E-state index in [4.69, 9.17) is 5.73 Å². The van der Waals surface area contributed by atoms with E-state index in [9.17, 15) is 0 Å². The minimum atomic E-state index is 0.688. The molecule has 0 unspecified atom stereocenters. The van der Waals surface area contributed by atoms with Crippen molar-refractivity contribution in [1.29, 1.82) is 0 Å². The van der Waals surface area contributed by atoms with Crippen LogP contribution in [0.5, 0.6) is 0 Å². The number of nitrogens with one attached hydrogen (secondary N) is 2. The Morgan fingerprint density at radius 3 is 2.62 bits per heavy atom. The summed E-state index contributed by atoms with van der Waals surface area (Å²) in [6.45, 7) is 6.16. The van der Waals surface area contributed by atoms with Gasteiger partial charge in [0.05, 0.1) is 27.6 Å². The van der Waals surface area contributed by atoms with Crippen LogP contribution in [-0.2, 0) is 0 Å². The van der Waals surface area contributed by atoms with Crippen molar-refractivity contribution >= 4 is 44.9 Å². The monoisotopic (exact) mass is 438 g/mol. The molecule has 158 valence electrons. The Bertz CT molecular complexity index is 1410. The van der Waals surface area contributed by atoms with E-state index in [1.165, 1.54) is 0 Å². The minimum Gasteiger partial charge on any atom is -0.397 e. The molecule has 0 radical (unpaired) electrons. The number of anilines is 4. The van der Waals surface area contributed by atoms with Crippen molar-refractivity contribution in [2.75, 3.05) is 16.4 Å². The maximum absolute atomic E-state index is 6.01. The summed E-state index contributed by atoms with van der Waals surface area (Å²) in [5.41, 5.74) is 13.3. The first-order chi connectivity index (χ1) is 15.6. The molecule has 32 heavy (non-hydrogen) atoms. The van der Waals surface area contributed by atoms with Gasteiger partial charge in [0, 0.05) is 23.8 Å². The van der Waals surface area contributed by atoms with E-state index in [1.54, 1.807) is 11.3 Å². The fourth-order valence-electron chi connectivity index (χ4n) is 3.58. The number of aromatic nitrogens is 3. The standard InChI is InChI=1S/C25H22N6S/c1-16(28-21-8-4-3-7-20(21)26)18-10-12-19(13-11-18)30-25-27-15-22(32-25)24-17(2)29-23-9-5-6-14-31(23)24/h3-15,28H,1,26H2,2H3,(H,27,30). The topological polar surface area (TPSA) is 80.3 Å². The highest BCUT2D eigenvalue weighted by molar-refractivity contribution is 7.18. The van der Waals surface area contributed by atoms with Crippen LogP contribution in [0.1, 0.15) is 11.3 Å². The van der Waals surface area contributed by atoms with Gasteiger partial charge in [-0.25, -0.2) is 9.97 Å². The Labute approximate surface area is 190 Å². The molecule has 0 spiro atoms. The summed E-state index contributed by atoms with van der Waals surface area (Å²) < 4.78 is 2.10. The van der Waals surface area contributed by atoms with Gasteiger partial charge in [-0.3, -0.25) is 4.40 Å². The molecule has 3 heterocycles. The molecule has 5 aromatic rings. The first-order valence-electron chi connectivity index (χ1n) is 10.2. The highest BCUT2D eigenvalue weighted by Gasteiger charge is 2.14. The van der Waals surface area contributed by atoms with Crippen LogP contribution in [0.3, 0.4) is 0 Å². The SMILES string of the molecule is C=C(Nc1ccccc1N)c1ccc(Nc2ncc(-c3c(C)nc4ccccn34)s2)cc1. The number of hydrogen-bond acceptors (Lipinski definition) is 6. The molecule has 4 N–H and O–H groups in total. The van der Waals surface area contributed by atoms with Gasteiger partial charge in [0.25, 0.3) is 0 Å². The second kappa shape index (κ2) is 8.20. The van der Waals surface area contributed by atoms with Gasteiger partial charge in [0.1, 0.15) is 5.65 Å². The van der Waals surface area contributed by atoms with Crippen LogP contribution in [0.25, 0.3) is 21.9 Å². The summed E-state index contributed by atoms with van der Waals surface area (Å²) >= 11 is 1.60. The first kappa shape index (κ1) is 19.8. The lowest BCUT2D eigenvalue weighted by atomic mass is 10.1. The fraction of sp³-hybridized carbons (Fsp3) is 0.0400. The zero-order chi connectivity index (χ0) is 22.1. The molecule has 0 saturated carbocycles. The average molecular weight is 439 g/mol. The molecular weight excluding hydrogens is 416 g/mol. The van der Waals surface area contributed by atoms with Gasteiger partial charge in [0.2, 0.25) is 0 Å². The number of para-hydroxylation sites is 2. The van der Waals surface area contributed by atoms with E-state index in [0.717, 1.165) is 49.7 Å². The average Bonchev–Trinajstić information content (AvgIpc) is 3.38. The lowest BCUT2D eigenvalue weighted by Crippen LogP contribution is -2.00. The molecule has 0 aliphatic rings. The number of thiazole rings is 1. The summed E-state index contributed by atoms with van der Waals surface area (Å²) in [7, 11) is 0. The van der Waals surface area contributed by atoms with E-state index in [1.807, 2.05) is 86.0 Å². The van der Waals surface area contributed by atoms with E-state index >= 15 is 0 Å². The predicted molar refractivity (Wildman–Crippen MR) is 134 cm³/mol. The molecule has 0 saturated heterocycles. The van der Waals surface area contributed by atoms with Crippen LogP contribution in [0.15, 0.2) is 85.7 Å². The van der Waals surface area contributed by atoms with Gasteiger partial charge < -0.3 is 16.4 Å². The van der Waals surface area contributed by atoms with E-state index in [0.29, 0.717) is 5.69 Å². The van der Waals surface area contributed by atoms with Gasteiger partial charge >= 0.3 is 0 Å². The second-order valence-electron chi connectivity index (χ2n) is 7.40. The van der Waals surface area contributed by atoms with Crippen LogP contribution in [0, 0.1) is 6.92 Å². The van der Waals surface area contributed by atoms with E-state index in [2.05, 4.69) is 31.6 Å². The van der Waals surface area contributed by atoms with Crippen molar-refractivity contribution < 1.29 is 0 Å². The number of benzene rings is 2. The highest BCUT2D eigenvalue weighted by atomic mass is 32.1. The quantitative estimate of drug-likeness (QED) is 0.276. The molecule has 6 nitrogen and oxygen atoms in total. The van der Waals surface area contributed by atoms with Gasteiger partial charge in [-0.2, -0.15) is 0 Å². The first-order valence-corrected chi connectivity index (χ1v) is 11.0. The molecule has 0 amide bonds. The molecule has 0 fully saturated rings. The fourth-order valence-corrected chi connectivity index (χ4v) is 4.51. The number of aryl methyl sites for hydroxylation is 1. The summed E-state index contributed by atoms with van der Waals surface area (Å²) in [6.07, 6.45) is 3.92. The normalized spacial score (nSPS) is 10.9. The number of nitrogen functional groups attached to an aromatic ring is 1. The van der Waals surface area contributed by atoms with Crippen molar-refractivity contribution in [3.63, 3.8) is 0 Å². The zero-order valence-corrected chi connectivity index (χ0v) is 18.4. The number of nitrogens with two attached hydrogens (primary N) is 1. The molecule has 5 rings (SSSR count). The minimum absolute atomic E-state index is 0.688. The third-order valence-corrected chi connectivity index (χ3v) is 6.09. The van der Waals surface area contributed by atoms with Crippen molar-refractivity contribution in [1.82, 2.24) is 14.4 Å². The Morgan fingerprint density at radius 1 is 1.03 bits per heavy atom. The van der Waals surface area contributed by atoms with E-state index in [-0.39, 0.29) is 0 Å². The highest BCUT2D eigenvalue weighted by Crippen LogP contribution is 2.33. The smallest absolute Gasteiger partial charge is 0.187 e. The molecule has 3 aromatic heterocycles. The maximum atomic E-state index is 6.01. The van der Waals surface area contributed by atoms with Crippen LogP contribution in [-0.4, -0.2) is 14.4 Å². The second-order valence-corrected chi connectivity index (χ2v) is 8.43. The molecule has 0 aliphatic heterocycles. The van der Waals surface area contributed by atoms with Crippen molar-refractivity contribution in [2.45, 2.75) is 6.92 Å². The number of fused-ring (bicyclic) bond motifs is 1. The molecule has 2 aromatic carbocycles. The molecule has 0 aliphatic carbocycles. The van der Waals surface area contributed by atoms with Gasteiger partial charge in [0.15, 0.2) is 5.13 Å². The van der Waals surface area contributed by atoms with E-state index < -0.39 is 0 Å². The van der Waals surface area contributed by atoms with Crippen LogP contribution < -0.4 is 16.4 Å². The van der Waals surface area contributed by atoms with Crippen LogP contribution in [0.4, 0.5) is 22.2 Å². The van der Waals surface area contributed by atoms with Crippen LogP contribution in [0.2, 0.25) is 0 Å².